The molecule has 0 saturated heterocycles. The fraction of sp³-hybridized carbons (Fsp3) is 0.562. The van der Waals surface area contributed by atoms with E-state index < -0.39 is 0 Å². The predicted octanol–water partition coefficient (Wildman–Crippen LogP) is 4.28. The van der Waals surface area contributed by atoms with Crippen LogP contribution in [0.2, 0.25) is 5.02 Å². The molecule has 106 valence electrons. The molecule has 0 saturated carbocycles. The molecule has 1 unspecified atom stereocenters. The third kappa shape index (κ3) is 5.75. The molecule has 0 aliphatic heterocycles. The molecular formula is C16H24ClNO. The highest BCUT2D eigenvalue weighted by Gasteiger charge is 2.13. The third-order valence-electron chi connectivity index (χ3n) is 3.42. The predicted molar refractivity (Wildman–Crippen MR) is 81.9 cm³/mol. The Hall–Kier alpha value is -0.860. The molecule has 2 nitrogen and oxygen atoms in total. The van der Waals surface area contributed by atoms with E-state index in [9.17, 15) is 4.79 Å². The molecule has 0 spiro atoms. The SMILES string of the molecule is CC(C)CC(C)N(C)CCC(=O)c1ccc(Cl)cc1. The molecule has 0 heterocycles. The second-order valence-corrected chi connectivity index (χ2v) is 6.08. The molecule has 0 bridgehead atoms. The number of nitrogens with zero attached hydrogens (tertiary/aromatic N) is 1. The normalized spacial score (nSPS) is 13.0. The van der Waals surface area contributed by atoms with Crippen LogP contribution >= 0.6 is 11.6 Å². The first-order chi connectivity index (χ1) is 8.90. The maximum Gasteiger partial charge on any atom is 0.164 e. The Kier molecular flexibility index (Phi) is 6.53. The molecule has 0 aliphatic rings. The van der Waals surface area contributed by atoms with Crippen molar-refractivity contribution in [2.45, 2.75) is 39.7 Å². The quantitative estimate of drug-likeness (QED) is 0.695. The number of ketones is 1. The van der Waals surface area contributed by atoms with Crippen LogP contribution in [0.1, 0.15) is 44.0 Å². The Morgan fingerprint density at radius 2 is 1.79 bits per heavy atom. The van der Waals surface area contributed by atoms with Crippen LogP contribution in [0.4, 0.5) is 0 Å². The molecule has 0 radical (unpaired) electrons. The van der Waals surface area contributed by atoms with Crippen molar-refractivity contribution in [1.82, 2.24) is 4.90 Å². The minimum Gasteiger partial charge on any atom is -0.303 e. The van der Waals surface area contributed by atoms with Gasteiger partial charge in [0.15, 0.2) is 5.78 Å². The average Bonchev–Trinajstić information content (AvgIpc) is 2.35. The van der Waals surface area contributed by atoms with E-state index in [1.807, 2.05) is 0 Å². The lowest BCUT2D eigenvalue weighted by atomic mass is 10.0. The number of rotatable bonds is 7. The lowest BCUT2D eigenvalue weighted by Gasteiger charge is -2.25. The Bertz CT molecular complexity index is 400. The largest absolute Gasteiger partial charge is 0.303 e. The van der Waals surface area contributed by atoms with E-state index in [0.717, 1.165) is 18.5 Å². The standard InChI is InChI=1S/C16H24ClNO/c1-12(2)11-13(3)18(4)10-9-16(19)14-5-7-15(17)8-6-14/h5-8,12-13H,9-11H2,1-4H3. The zero-order valence-electron chi connectivity index (χ0n) is 12.3. The summed E-state index contributed by atoms with van der Waals surface area (Å²) in [6.45, 7) is 7.47. The summed E-state index contributed by atoms with van der Waals surface area (Å²) in [5.74, 6) is 0.865. The van der Waals surface area contributed by atoms with Crippen molar-refractivity contribution >= 4 is 17.4 Å². The number of Topliss-reactive ketones (excluding diaryl/α,β-unsaturated/α-hetero) is 1. The second kappa shape index (κ2) is 7.66. The molecule has 0 aromatic heterocycles. The van der Waals surface area contributed by atoms with E-state index in [-0.39, 0.29) is 5.78 Å². The lowest BCUT2D eigenvalue weighted by Crippen LogP contribution is -2.32. The summed E-state index contributed by atoms with van der Waals surface area (Å²) in [5.41, 5.74) is 0.745. The average molecular weight is 282 g/mol. The Morgan fingerprint density at radius 1 is 1.21 bits per heavy atom. The van der Waals surface area contributed by atoms with Gasteiger partial charge in [0.05, 0.1) is 0 Å². The second-order valence-electron chi connectivity index (χ2n) is 5.64. The topological polar surface area (TPSA) is 20.3 Å². The van der Waals surface area contributed by atoms with Gasteiger partial charge >= 0.3 is 0 Å². The van der Waals surface area contributed by atoms with Gasteiger partial charge < -0.3 is 4.90 Å². The van der Waals surface area contributed by atoms with Crippen molar-refractivity contribution < 1.29 is 4.79 Å². The van der Waals surface area contributed by atoms with Gasteiger partial charge in [0.2, 0.25) is 0 Å². The molecule has 3 heteroatoms. The molecule has 1 aromatic carbocycles. The molecular weight excluding hydrogens is 258 g/mol. The molecule has 0 amide bonds. The first-order valence-corrected chi connectivity index (χ1v) is 7.27. The fourth-order valence-electron chi connectivity index (χ4n) is 2.14. The molecule has 0 N–H and O–H groups in total. The number of carbonyl (C=O) groups is 1. The highest BCUT2D eigenvalue weighted by atomic mass is 35.5. The number of hydrogen-bond donors (Lipinski definition) is 0. The minimum absolute atomic E-state index is 0.181. The van der Waals surface area contributed by atoms with Crippen molar-refractivity contribution in [3.8, 4) is 0 Å². The first kappa shape index (κ1) is 16.2. The van der Waals surface area contributed by atoms with Gasteiger partial charge in [-0.05, 0) is 50.6 Å². The lowest BCUT2D eigenvalue weighted by molar-refractivity contribution is 0.0959. The van der Waals surface area contributed by atoms with Crippen LogP contribution in [-0.2, 0) is 0 Å². The Labute approximate surface area is 121 Å². The highest BCUT2D eigenvalue weighted by molar-refractivity contribution is 6.30. The maximum absolute atomic E-state index is 12.0. The van der Waals surface area contributed by atoms with E-state index in [1.54, 1.807) is 24.3 Å². The minimum atomic E-state index is 0.181. The van der Waals surface area contributed by atoms with Gasteiger partial charge in [-0.1, -0.05) is 25.4 Å². The van der Waals surface area contributed by atoms with Gasteiger partial charge in [-0.25, -0.2) is 0 Å². The Balaban J connectivity index is 2.43. The van der Waals surface area contributed by atoms with Gasteiger partial charge in [-0.3, -0.25) is 4.79 Å². The highest BCUT2D eigenvalue weighted by Crippen LogP contribution is 2.13. The fourth-order valence-corrected chi connectivity index (χ4v) is 2.27. The van der Waals surface area contributed by atoms with Crippen LogP contribution in [0.25, 0.3) is 0 Å². The molecule has 1 rings (SSSR count). The summed E-state index contributed by atoms with van der Waals surface area (Å²) >= 11 is 5.81. The zero-order valence-corrected chi connectivity index (χ0v) is 13.1. The first-order valence-electron chi connectivity index (χ1n) is 6.89. The summed E-state index contributed by atoms with van der Waals surface area (Å²) in [4.78, 5) is 14.3. The molecule has 0 aliphatic carbocycles. The van der Waals surface area contributed by atoms with E-state index in [2.05, 4.69) is 32.7 Å². The van der Waals surface area contributed by atoms with Crippen molar-refractivity contribution in [3.63, 3.8) is 0 Å². The van der Waals surface area contributed by atoms with Gasteiger partial charge in [0.1, 0.15) is 0 Å². The maximum atomic E-state index is 12.0. The van der Waals surface area contributed by atoms with Gasteiger partial charge in [-0.2, -0.15) is 0 Å². The van der Waals surface area contributed by atoms with Crippen molar-refractivity contribution in [2.24, 2.45) is 5.92 Å². The Morgan fingerprint density at radius 3 is 2.32 bits per heavy atom. The number of hydrogen-bond acceptors (Lipinski definition) is 2. The van der Waals surface area contributed by atoms with Crippen molar-refractivity contribution in [3.05, 3.63) is 34.9 Å². The zero-order chi connectivity index (χ0) is 14.4. The van der Waals surface area contributed by atoms with E-state index >= 15 is 0 Å². The summed E-state index contributed by atoms with van der Waals surface area (Å²) in [6.07, 6.45) is 1.71. The van der Waals surface area contributed by atoms with E-state index in [0.29, 0.717) is 23.4 Å². The van der Waals surface area contributed by atoms with E-state index in [4.69, 9.17) is 11.6 Å². The van der Waals surface area contributed by atoms with Crippen molar-refractivity contribution in [2.75, 3.05) is 13.6 Å². The van der Waals surface area contributed by atoms with Gasteiger partial charge in [0, 0.05) is 29.6 Å². The molecule has 0 fully saturated rings. The van der Waals surface area contributed by atoms with Crippen molar-refractivity contribution in [1.29, 1.82) is 0 Å². The van der Waals surface area contributed by atoms with Crippen LogP contribution in [-0.4, -0.2) is 30.3 Å². The van der Waals surface area contributed by atoms with Crippen LogP contribution < -0.4 is 0 Å². The van der Waals surface area contributed by atoms with Crippen LogP contribution in [0.5, 0.6) is 0 Å². The smallest absolute Gasteiger partial charge is 0.164 e. The number of halogens is 1. The van der Waals surface area contributed by atoms with Crippen LogP contribution in [0.15, 0.2) is 24.3 Å². The number of benzene rings is 1. The summed E-state index contributed by atoms with van der Waals surface area (Å²) in [5, 5.41) is 0.666. The molecule has 1 aromatic rings. The summed E-state index contributed by atoms with van der Waals surface area (Å²) < 4.78 is 0. The van der Waals surface area contributed by atoms with Crippen LogP contribution in [0.3, 0.4) is 0 Å². The van der Waals surface area contributed by atoms with E-state index in [1.165, 1.54) is 0 Å². The summed E-state index contributed by atoms with van der Waals surface area (Å²) in [7, 11) is 2.09. The van der Waals surface area contributed by atoms with Gasteiger partial charge in [0.25, 0.3) is 0 Å². The molecule has 19 heavy (non-hydrogen) atoms. The van der Waals surface area contributed by atoms with Crippen LogP contribution in [0, 0.1) is 5.92 Å². The van der Waals surface area contributed by atoms with Gasteiger partial charge in [-0.15, -0.1) is 0 Å². The number of carbonyl (C=O) groups excluding carboxylic acids is 1. The summed E-state index contributed by atoms with van der Waals surface area (Å²) in [6, 6.07) is 7.63. The third-order valence-corrected chi connectivity index (χ3v) is 3.67. The monoisotopic (exact) mass is 281 g/mol. The molecule has 1 atom stereocenters.